The maximum atomic E-state index is 12.6. The van der Waals surface area contributed by atoms with Gasteiger partial charge in [0.25, 0.3) is 0 Å². The van der Waals surface area contributed by atoms with Crippen LogP contribution in [0.3, 0.4) is 0 Å². The lowest BCUT2D eigenvalue weighted by Gasteiger charge is -2.30. The van der Waals surface area contributed by atoms with Gasteiger partial charge in [-0.2, -0.15) is 0 Å². The zero-order valence-electron chi connectivity index (χ0n) is 13.4. The van der Waals surface area contributed by atoms with Crippen LogP contribution in [-0.4, -0.2) is 39.1 Å². The highest BCUT2D eigenvalue weighted by Crippen LogP contribution is 2.36. The second-order valence-electron chi connectivity index (χ2n) is 5.96. The summed E-state index contributed by atoms with van der Waals surface area (Å²) in [6.07, 6.45) is 1.19. The van der Waals surface area contributed by atoms with Crippen molar-refractivity contribution < 1.29 is 19.8 Å². The molecule has 0 fully saturated rings. The first-order valence-electron chi connectivity index (χ1n) is 7.59. The molecule has 0 heterocycles. The van der Waals surface area contributed by atoms with Gasteiger partial charge in [-0.25, -0.2) is 4.79 Å². The molecule has 0 bridgehead atoms. The lowest BCUT2D eigenvalue weighted by molar-refractivity contribution is -0.161. The minimum absolute atomic E-state index is 0.121. The van der Waals surface area contributed by atoms with Gasteiger partial charge in [0.05, 0.1) is 19.0 Å². The molecule has 2 unspecified atom stereocenters. The number of hydrogen-bond donors (Lipinski definition) is 2. The van der Waals surface area contributed by atoms with Gasteiger partial charge in [0.15, 0.2) is 5.60 Å². The molecule has 1 aliphatic rings. The third-order valence-corrected chi connectivity index (χ3v) is 4.18. The molecule has 5 heteroatoms. The van der Waals surface area contributed by atoms with Gasteiger partial charge >= 0.3 is 5.97 Å². The molecule has 2 N–H and O–H groups in total. The van der Waals surface area contributed by atoms with E-state index < -0.39 is 23.9 Å². The van der Waals surface area contributed by atoms with Gasteiger partial charge in [0.2, 0.25) is 5.91 Å². The largest absolute Gasteiger partial charge is 0.479 e. The molecule has 0 saturated carbocycles. The molecule has 0 saturated heterocycles. The summed E-state index contributed by atoms with van der Waals surface area (Å²) < 4.78 is 0. The second kappa shape index (κ2) is 6.84. The molecule has 23 heavy (non-hydrogen) atoms. The van der Waals surface area contributed by atoms with Crippen molar-refractivity contribution in [2.75, 3.05) is 6.54 Å². The van der Waals surface area contributed by atoms with Gasteiger partial charge in [-0.3, -0.25) is 4.79 Å². The fourth-order valence-electron chi connectivity index (χ4n) is 2.87. The van der Waals surface area contributed by atoms with Crippen molar-refractivity contribution in [1.82, 2.24) is 4.90 Å². The average Bonchev–Trinajstić information content (AvgIpc) is 2.91. The summed E-state index contributed by atoms with van der Waals surface area (Å²) in [4.78, 5) is 25.2. The van der Waals surface area contributed by atoms with Crippen molar-refractivity contribution in [3.8, 4) is 11.8 Å². The van der Waals surface area contributed by atoms with Crippen LogP contribution >= 0.6 is 0 Å². The average molecular weight is 315 g/mol. The Morgan fingerprint density at radius 2 is 2.09 bits per heavy atom. The highest BCUT2D eigenvalue weighted by molar-refractivity contribution is 5.86. The Morgan fingerprint density at radius 1 is 1.39 bits per heavy atom. The van der Waals surface area contributed by atoms with Crippen LogP contribution in [-0.2, 0) is 16.0 Å². The first-order chi connectivity index (χ1) is 10.9. The summed E-state index contributed by atoms with van der Waals surface area (Å²) in [6, 6.07) is 7.80. The molecule has 0 radical (unpaired) electrons. The van der Waals surface area contributed by atoms with E-state index in [4.69, 9.17) is 5.11 Å². The third-order valence-electron chi connectivity index (χ3n) is 4.18. The number of aliphatic hydroxyl groups is 1. The predicted molar refractivity (Wildman–Crippen MR) is 85.5 cm³/mol. The fourth-order valence-corrected chi connectivity index (χ4v) is 2.87. The summed E-state index contributed by atoms with van der Waals surface area (Å²) in [5, 5.41) is 18.9. The molecule has 1 aromatic rings. The van der Waals surface area contributed by atoms with Crippen LogP contribution in [0, 0.1) is 11.8 Å². The van der Waals surface area contributed by atoms with E-state index in [9.17, 15) is 14.7 Å². The number of fused-ring (bicyclic) bond motifs is 1. The van der Waals surface area contributed by atoms with Crippen LogP contribution < -0.4 is 0 Å². The van der Waals surface area contributed by atoms with Crippen LogP contribution in [0.2, 0.25) is 0 Å². The molecule has 0 aromatic heterocycles. The molecule has 2 rings (SSSR count). The van der Waals surface area contributed by atoms with Crippen LogP contribution in [0.25, 0.3) is 0 Å². The zero-order valence-corrected chi connectivity index (χ0v) is 13.4. The Balaban J connectivity index is 2.26. The van der Waals surface area contributed by atoms with E-state index in [2.05, 4.69) is 11.8 Å². The molecule has 1 amide bonds. The van der Waals surface area contributed by atoms with E-state index in [1.807, 2.05) is 24.3 Å². The lowest BCUT2D eigenvalue weighted by atomic mass is 10.00. The molecule has 0 spiro atoms. The molecule has 0 aliphatic heterocycles. The topological polar surface area (TPSA) is 77.8 Å². The number of aliphatic carboxylic acids is 1. The number of carboxylic acid groups (broad SMARTS) is 1. The van der Waals surface area contributed by atoms with Crippen molar-refractivity contribution in [3.05, 3.63) is 35.4 Å². The molecule has 122 valence electrons. The molecule has 1 aliphatic carbocycles. The molecular weight excluding hydrogens is 294 g/mol. The van der Waals surface area contributed by atoms with E-state index >= 15 is 0 Å². The Bertz CT molecular complexity index is 669. The van der Waals surface area contributed by atoms with Crippen LogP contribution in [0.15, 0.2) is 24.3 Å². The summed E-state index contributed by atoms with van der Waals surface area (Å²) in [5.74, 6) is 3.84. The van der Waals surface area contributed by atoms with Crippen LogP contribution in [0.1, 0.15) is 43.9 Å². The predicted octanol–water partition coefficient (Wildman–Crippen LogP) is 1.75. The number of amides is 1. The molecule has 2 atom stereocenters. The first kappa shape index (κ1) is 17.0. The standard InChI is InChI=1S/C18H21NO4/c1-3-4-11-19(16(20)12-18(2,23)17(21)22)15-10-9-13-7-5-6-8-14(13)15/h5-8,15,23H,9-12H2,1-2H3,(H,21,22). The van der Waals surface area contributed by atoms with Gasteiger partial charge in [0, 0.05) is 0 Å². The number of carbonyl (C=O) groups is 2. The highest BCUT2D eigenvalue weighted by Gasteiger charge is 2.37. The number of benzene rings is 1. The summed E-state index contributed by atoms with van der Waals surface area (Å²) >= 11 is 0. The van der Waals surface area contributed by atoms with Crippen molar-refractivity contribution in [2.24, 2.45) is 0 Å². The van der Waals surface area contributed by atoms with E-state index in [1.54, 1.807) is 11.8 Å². The second-order valence-corrected chi connectivity index (χ2v) is 5.96. The lowest BCUT2D eigenvalue weighted by Crippen LogP contribution is -2.43. The zero-order chi connectivity index (χ0) is 17.0. The van der Waals surface area contributed by atoms with Crippen LogP contribution in [0.5, 0.6) is 0 Å². The maximum Gasteiger partial charge on any atom is 0.335 e. The summed E-state index contributed by atoms with van der Waals surface area (Å²) in [7, 11) is 0. The van der Waals surface area contributed by atoms with Crippen molar-refractivity contribution >= 4 is 11.9 Å². The molecule has 5 nitrogen and oxygen atoms in total. The van der Waals surface area contributed by atoms with Crippen molar-refractivity contribution in [1.29, 1.82) is 0 Å². The van der Waals surface area contributed by atoms with Crippen molar-refractivity contribution in [3.63, 3.8) is 0 Å². The van der Waals surface area contributed by atoms with Gasteiger partial charge < -0.3 is 15.1 Å². The highest BCUT2D eigenvalue weighted by atomic mass is 16.4. The minimum atomic E-state index is -2.08. The molecular formula is C18H21NO4. The maximum absolute atomic E-state index is 12.6. The Kier molecular flexibility index (Phi) is 5.07. The Hall–Kier alpha value is -2.32. The number of rotatable bonds is 5. The van der Waals surface area contributed by atoms with E-state index in [-0.39, 0.29) is 12.6 Å². The molecule has 1 aromatic carbocycles. The number of hydrogen-bond acceptors (Lipinski definition) is 3. The van der Waals surface area contributed by atoms with Crippen molar-refractivity contribution in [2.45, 2.75) is 44.8 Å². The van der Waals surface area contributed by atoms with Crippen LogP contribution in [0.4, 0.5) is 0 Å². The number of aryl methyl sites for hydroxylation is 1. The Morgan fingerprint density at radius 3 is 2.74 bits per heavy atom. The van der Waals surface area contributed by atoms with Gasteiger partial charge in [-0.05, 0) is 37.8 Å². The smallest absolute Gasteiger partial charge is 0.335 e. The van der Waals surface area contributed by atoms with Gasteiger partial charge in [-0.15, -0.1) is 5.92 Å². The summed E-state index contributed by atoms with van der Waals surface area (Å²) in [6.45, 7) is 3.06. The quantitative estimate of drug-likeness (QED) is 0.812. The third kappa shape index (κ3) is 3.72. The fraction of sp³-hybridized carbons (Fsp3) is 0.444. The SMILES string of the molecule is CC#CCN(C(=O)CC(C)(O)C(=O)O)C1CCc2ccccc21. The van der Waals surface area contributed by atoms with Gasteiger partial charge in [-0.1, -0.05) is 30.2 Å². The van der Waals surface area contributed by atoms with Gasteiger partial charge in [0.1, 0.15) is 0 Å². The summed E-state index contributed by atoms with van der Waals surface area (Å²) in [5.41, 5.74) is 0.200. The first-order valence-corrected chi connectivity index (χ1v) is 7.59. The number of nitrogens with zero attached hydrogens (tertiary/aromatic N) is 1. The van der Waals surface area contributed by atoms with E-state index in [0.717, 1.165) is 25.3 Å². The van der Waals surface area contributed by atoms with E-state index in [1.165, 1.54) is 5.56 Å². The normalized spacial score (nSPS) is 18.3. The minimum Gasteiger partial charge on any atom is -0.479 e. The number of carbonyl (C=O) groups excluding carboxylic acids is 1. The van der Waals surface area contributed by atoms with E-state index in [0.29, 0.717) is 0 Å². The monoisotopic (exact) mass is 315 g/mol. The number of carboxylic acids is 1. The Labute approximate surface area is 135 Å².